The second-order valence-corrected chi connectivity index (χ2v) is 6.57. The lowest BCUT2D eigenvalue weighted by molar-refractivity contribution is -0.197. The van der Waals surface area contributed by atoms with Crippen molar-refractivity contribution in [3.63, 3.8) is 0 Å². The third-order valence-electron chi connectivity index (χ3n) is 3.51. The van der Waals surface area contributed by atoms with Gasteiger partial charge in [0.1, 0.15) is 6.04 Å². The van der Waals surface area contributed by atoms with Crippen LogP contribution in [-0.4, -0.2) is 16.9 Å². The lowest BCUT2D eigenvalue weighted by atomic mass is 9.99. The Kier molecular flexibility index (Phi) is 4.68. The van der Waals surface area contributed by atoms with E-state index >= 15 is 0 Å². The Morgan fingerprint density at radius 1 is 1.30 bits per heavy atom. The van der Waals surface area contributed by atoms with Crippen molar-refractivity contribution in [3.8, 4) is 0 Å². The predicted octanol–water partition coefficient (Wildman–Crippen LogP) is 4.73. The largest absolute Gasteiger partial charge is 0.331 e. The number of halogens is 2. The van der Waals surface area contributed by atoms with Crippen molar-refractivity contribution in [1.82, 2.24) is 5.17 Å². The summed E-state index contributed by atoms with van der Waals surface area (Å²) in [6.45, 7) is 1.36. The quantitative estimate of drug-likeness (QED) is 0.757. The zero-order valence-corrected chi connectivity index (χ0v) is 14.7. The molecule has 118 valence electrons. The average molecular weight is 394 g/mol. The molecule has 0 aliphatic carbocycles. The molecule has 0 radical (unpaired) electrons. The van der Waals surface area contributed by atoms with E-state index in [-0.39, 0.29) is 6.04 Å². The summed E-state index contributed by atoms with van der Waals surface area (Å²) in [5.41, 5.74) is 2.81. The van der Waals surface area contributed by atoms with Crippen LogP contribution < -0.4 is 0 Å². The van der Waals surface area contributed by atoms with E-state index in [1.54, 1.807) is 0 Å². The van der Waals surface area contributed by atoms with Gasteiger partial charge in [-0.2, -0.15) is 0 Å². The highest BCUT2D eigenvalue weighted by molar-refractivity contribution is 9.10. The maximum absolute atomic E-state index is 11.4. The normalized spacial score (nSPS) is 17.1. The van der Waals surface area contributed by atoms with Crippen molar-refractivity contribution in [1.29, 1.82) is 0 Å². The molecule has 23 heavy (non-hydrogen) atoms. The molecule has 0 N–H and O–H groups in total. The third kappa shape index (κ3) is 3.74. The number of hydrazone groups is 1. The van der Waals surface area contributed by atoms with Crippen LogP contribution in [0.2, 0.25) is 5.02 Å². The number of carbonyl (C=O) groups excluding carboxylic acids is 1. The minimum Gasteiger partial charge on any atom is -0.324 e. The first-order valence-corrected chi connectivity index (χ1v) is 8.26. The van der Waals surface area contributed by atoms with E-state index in [4.69, 9.17) is 16.4 Å². The highest BCUT2D eigenvalue weighted by Crippen LogP contribution is 2.34. The molecule has 0 saturated carbocycles. The smallest absolute Gasteiger partial charge is 0.324 e. The van der Waals surface area contributed by atoms with Gasteiger partial charge in [-0.15, -0.1) is 10.3 Å². The summed E-state index contributed by atoms with van der Waals surface area (Å²) in [4.78, 5) is 16.6. The third-order valence-corrected chi connectivity index (χ3v) is 4.27. The molecule has 0 aromatic heterocycles. The lowest BCUT2D eigenvalue weighted by Crippen LogP contribution is -2.22. The van der Waals surface area contributed by atoms with Crippen LogP contribution in [0.4, 0.5) is 0 Å². The number of rotatable bonds is 3. The predicted molar refractivity (Wildman–Crippen MR) is 93.1 cm³/mol. The molecular weight excluding hydrogens is 380 g/mol. The van der Waals surface area contributed by atoms with Gasteiger partial charge in [-0.1, -0.05) is 51.8 Å². The second-order valence-electron chi connectivity index (χ2n) is 5.21. The van der Waals surface area contributed by atoms with Crippen LogP contribution in [0.3, 0.4) is 0 Å². The van der Waals surface area contributed by atoms with Gasteiger partial charge in [-0.3, -0.25) is 0 Å². The number of benzene rings is 2. The van der Waals surface area contributed by atoms with Crippen LogP contribution >= 0.6 is 27.5 Å². The topological polar surface area (TPSA) is 41.9 Å². The van der Waals surface area contributed by atoms with Crippen molar-refractivity contribution < 1.29 is 9.63 Å². The van der Waals surface area contributed by atoms with Crippen LogP contribution in [0, 0.1) is 0 Å². The summed E-state index contributed by atoms with van der Waals surface area (Å²) in [5, 5.41) is 6.47. The Bertz CT molecular complexity index is 761. The molecular formula is C17H14BrClN2O2. The van der Waals surface area contributed by atoms with Crippen molar-refractivity contribution >= 4 is 39.2 Å². The van der Waals surface area contributed by atoms with Gasteiger partial charge in [-0.05, 0) is 35.4 Å². The summed E-state index contributed by atoms with van der Waals surface area (Å²) in [5.74, 6) is -0.405. The van der Waals surface area contributed by atoms with E-state index in [2.05, 4.69) is 21.0 Å². The molecule has 3 rings (SSSR count). The zero-order valence-electron chi connectivity index (χ0n) is 12.4. The fourth-order valence-corrected chi connectivity index (χ4v) is 2.95. The first kappa shape index (κ1) is 16.0. The van der Waals surface area contributed by atoms with Crippen LogP contribution in [0.1, 0.15) is 30.5 Å². The van der Waals surface area contributed by atoms with Crippen LogP contribution in [0.25, 0.3) is 0 Å². The molecule has 2 aromatic carbocycles. The van der Waals surface area contributed by atoms with Crippen molar-refractivity contribution in [3.05, 3.63) is 69.2 Å². The summed E-state index contributed by atoms with van der Waals surface area (Å²) in [6.07, 6.45) is 0.634. The number of nitrogens with zero attached hydrogens (tertiary/aromatic N) is 2. The molecule has 4 nitrogen and oxygen atoms in total. The van der Waals surface area contributed by atoms with Gasteiger partial charge in [0.15, 0.2) is 0 Å². The molecule has 1 aliphatic heterocycles. The van der Waals surface area contributed by atoms with Gasteiger partial charge in [-0.25, -0.2) is 4.79 Å². The molecule has 0 amide bonds. The first-order chi connectivity index (χ1) is 11.0. The highest BCUT2D eigenvalue weighted by atomic mass is 79.9. The van der Waals surface area contributed by atoms with Crippen LogP contribution in [0.15, 0.2) is 58.1 Å². The van der Waals surface area contributed by atoms with Gasteiger partial charge in [0, 0.05) is 22.8 Å². The Morgan fingerprint density at radius 3 is 2.70 bits per heavy atom. The van der Waals surface area contributed by atoms with Crippen molar-refractivity contribution in [2.24, 2.45) is 5.10 Å². The lowest BCUT2D eigenvalue weighted by Gasteiger charge is -2.21. The monoisotopic (exact) mass is 392 g/mol. The maximum Gasteiger partial charge on any atom is 0.331 e. The molecule has 0 saturated heterocycles. The second kappa shape index (κ2) is 6.72. The number of carbonyl (C=O) groups is 1. The minimum absolute atomic E-state index is 0.184. The fourth-order valence-electron chi connectivity index (χ4n) is 2.48. The molecule has 1 aliphatic rings. The highest BCUT2D eigenvalue weighted by Gasteiger charge is 2.31. The van der Waals surface area contributed by atoms with Gasteiger partial charge in [0.2, 0.25) is 0 Å². The van der Waals surface area contributed by atoms with Crippen LogP contribution in [-0.2, 0) is 9.63 Å². The maximum atomic E-state index is 11.4. The number of hydrogen-bond acceptors (Lipinski definition) is 4. The number of hydrogen-bond donors (Lipinski definition) is 0. The molecule has 1 atom stereocenters. The Hall–Kier alpha value is -1.85. The Labute approximate surface area is 147 Å². The Morgan fingerprint density at radius 2 is 2.04 bits per heavy atom. The molecule has 1 heterocycles. The molecule has 0 bridgehead atoms. The van der Waals surface area contributed by atoms with E-state index in [9.17, 15) is 4.79 Å². The SMILES string of the molecule is CC(=O)ON1N=C(c2ccc(Br)cc2)CC1c1cccc(Cl)c1. The molecule has 1 unspecified atom stereocenters. The molecule has 6 heteroatoms. The van der Waals surface area contributed by atoms with E-state index < -0.39 is 5.97 Å². The van der Waals surface area contributed by atoms with Crippen molar-refractivity contribution in [2.45, 2.75) is 19.4 Å². The van der Waals surface area contributed by atoms with Gasteiger partial charge < -0.3 is 4.84 Å². The summed E-state index contributed by atoms with van der Waals surface area (Å²) in [7, 11) is 0. The summed E-state index contributed by atoms with van der Waals surface area (Å²) < 4.78 is 1.00. The molecule has 0 fully saturated rings. The summed E-state index contributed by atoms with van der Waals surface area (Å²) >= 11 is 9.50. The van der Waals surface area contributed by atoms with Gasteiger partial charge in [0.05, 0.1) is 5.71 Å². The summed E-state index contributed by atoms with van der Waals surface area (Å²) in [6, 6.07) is 15.2. The average Bonchev–Trinajstić information content (AvgIpc) is 2.91. The minimum atomic E-state index is -0.405. The van der Waals surface area contributed by atoms with Gasteiger partial charge >= 0.3 is 5.97 Å². The van der Waals surface area contributed by atoms with E-state index in [1.165, 1.54) is 12.1 Å². The van der Waals surface area contributed by atoms with E-state index in [0.717, 1.165) is 21.3 Å². The Balaban J connectivity index is 1.92. The van der Waals surface area contributed by atoms with Crippen LogP contribution in [0.5, 0.6) is 0 Å². The van der Waals surface area contributed by atoms with E-state index in [1.807, 2.05) is 48.5 Å². The zero-order chi connectivity index (χ0) is 16.4. The van der Waals surface area contributed by atoms with E-state index in [0.29, 0.717) is 11.4 Å². The first-order valence-electron chi connectivity index (χ1n) is 7.09. The number of hydroxylamine groups is 1. The standard InChI is InChI=1S/C17H14BrClN2O2/c1-11(22)23-21-17(13-3-2-4-15(19)9-13)10-16(20-21)12-5-7-14(18)8-6-12/h2-9,17H,10H2,1H3. The molecule has 0 spiro atoms. The van der Waals surface area contributed by atoms with Gasteiger partial charge in [0.25, 0.3) is 0 Å². The van der Waals surface area contributed by atoms with Crippen molar-refractivity contribution in [2.75, 3.05) is 0 Å². The molecule has 2 aromatic rings. The fraction of sp³-hybridized carbons (Fsp3) is 0.176.